The minimum atomic E-state index is -0.921. The van der Waals surface area contributed by atoms with Crippen LogP contribution >= 0.6 is 0 Å². The van der Waals surface area contributed by atoms with Gasteiger partial charge in [-0.15, -0.1) is 0 Å². The van der Waals surface area contributed by atoms with Crippen molar-refractivity contribution in [2.45, 2.75) is 51.8 Å². The zero-order valence-corrected chi connectivity index (χ0v) is 17.6. The van der Waals surface area contributed by atoms with Crippen molar-refractivity contribution in [2.24, 2.45) is 5.92 Å². The Balaban J connectivity index is 1.49. The van der Waals surface area contributed by atoms with Crippen LogP contribution in [0.3, 0.4) is 0 Å². The summed E-state index contributed by atoms with van der Waals surface area (Å²) in [7, 11) is 0. The summed E-state index contributed by atoms with van der Waals surface area (Å²) >= 11 is 0. The Kier molecular flexibility index (Phi) is 4.33. The lowest BCUT2D eigenvalue weighted by molar-refractivity contribution is -0.0224. The van der Waals surface area contributed by atoms with Crippen molar-refractivity contribution in [2.75, 3.05) is 0 Å². The van der Waals surface area contributed by atoms with E-state index < -0.39 is 5.60 Å². The van der Waals surface area contributed by atoms with Gasteiger partial charge in [0.15, 0.2) is 5.76 Å². The molecular formula is C25H26N2O3. The molecule has 1 aliphatic carbocycles. The summed E-state index contributed by atoms with van der Waals surface area (Å²) in [5, 5.41) is 14.7. The molecular weight excluding hydrogens is 376 g/mol. The van der Waals surface area contributed by atoms with Crippen LogP contribution in [0.15, 0.2) is 53.1 Å². The lowest BCUT2D eigenvalue weighted by Crippen LogP contribution is -2.51. The average Bonchev–Trinajstić information content (AvgIpc) is 3.35. The molecule has 5 rings (SSSR count). The maximum absolute atomic E-state index is 13.5. The van der Waals surface area contributed by atoms with Crippen LogP contribution in [-0.2, 0) is 6.54 Å². The maximum atomic E-state index is 13.5. The zero-order valence-electron chi connectivity index (χ0n) is 17.6. The summed E-state index contributed by atoms with van der Waals surface area (Å²) in [6.07, 6.45) is 2.15. The van der Waals surface area contributed by atoms with Gasteiger partial charge < -0.3 is 14.5 Å². The van der Waals surface area contributed by atoms with Gasteiger partial charge in [-0.2, -0.15) is 0 Å². The minimum Gasteiger partial charge on any atom is -0.388 e. The third kappa shape index (κ3) is 3.23. The summed E-state index contributed by atoms with van der Waals surface area (Å²) in [5.74, 6) is 1.14. The second-order valence-corrected chi connectivity index (χ2v) is 9.12. The molecule has 3 aromatic rings. The van der Waals surface area contributed by atoms with Crippen LogP contribution in [0.2, 0.25) is 0 Å². The van der Waals surface area contributed by atoms with Crippen LogP contribution in [-0.4, -0.2) is 32.7 Å². The third-order valence-electron chi connectivity index (χ3n) is 6.20. The largest absolute Gasteiger partial charge is 0.388 e. The molecule has 1 fully saturated rings. The van der Waals surface area contributed by atoms with E-state index in [0.717, 1.165) is 52.1 Å². The molecule has 1 amide bonds. The van der Waals surface area contributed by atoms with E-state index in [1.54, 1.807) is 0 Å². The molecule has 5 nitrogen and oxygen atoms in total. The number of hydrogen-bond donors (Lipinski definition) is 1. The van der Waals surface area contributed by atoms with E-state index in [2.05, 4.69) is 5.16 Å². The number of aryl methyl sites for hydroxylation is 1. The molecule has 5 heteroatoms. The molecule has 1 aromatic heterocycles. The smallest absolute Gasteiger partial charge is 0.255 e. The fourth-order valence-electron chi connectivity index (χ4n) is 4.79. The second-order valence-electron chi connectivity index (χ2n) is 9.12. The molecule has 2 aliphatic rings. The van der Waals surface area contributed by atoms with Gasteiger partial charge in [0.25, 0.3) is 5.91 Å². The summed E-state index contributed by atoms with van der Waals surface area (Å²) in [5.41, 5.74) is 4.60. The van der Waals surface area contributed by atoms with Gasteiger partial charge in [0.2, 0.25) is 0 Å². The predicted molar refractivity (Wildman–Crippen MR) is 115 cm³/mol. The first kappa shape index (κ1) is 19.1. The van der Waals surface area contributed by atoms with Crippen molar-refractivity contribution >= 4 is 5.91 Å². The van der Waals surface area contributed by atoms with Crippen LogP contribution in [0.25, 0.3) is 22.5 Å². The Morgan fingerprint density at radius 2 is 1.83 bits per heavy atom. The van der Waals surface area contributed by atoms with Gasteiger partial charge in [-0.05, 0) is 56.2 Å². The Hall–Kier alpha value is -2.92. The van der Waals surface area contributed by atoms with Gasteiger partial charge in [-0.1, -0.05) is 47.6 Å². The Morgan fingerprint density at radius 1 is 1.13 bits per heavy atom. The molecule has 1 saturated carbocycles. The molecule has 30 heavy (non-hydrogen) atoms. The van der Waals surface area contributed by atoms with Crippen molar-refractivity contribution in [3.63, 3.8) is 0 Å². The van der Waals surface area contributed by atoms with E-state index in [0.29, 0.717) is 12.5 Å². The van der Waals surface area contributed by atoms with E-state index in [1.807, 2.05) is 74.2 Å². The number of benzene rings is 2. The molecule has 2 heterocycles. The number of carbonyl (C=O) groups excluding carboxylic acids is 1. The molecule has 0 radical (unpaired) electrons. The van der Waals surface area contributed by atoms with Crippen molar-refractivity contribution in [1.82, 2.24) is 10.1 Å². The second kappa shape index (κ2) is 6.81. The summed E-state index contributed by atoms with van der Waals surface area (Å²) in [6.45, 7) is 6.09. The molecule has 154 valence electrons. The Bertz CT molecular complexity index is 1100. The lowest BCUT2D eigenvalue weighted by Gasteiger charge is -2.37. The first-order valence-corrected chi connectivity index (χ1v) is 10.5. The Labute approximate surface area is 176 Å². The quantitative estimate of drug-likeness (QED) is 0.664. The van der Waals surface area contributed by atoms with E-state index in [1.165, 1.54) is 0 Å². The van der Waals surface area contributed by atoms with Crippen LogP contribution < -0.4 is 0 Å². The molecule has 1 atom stereocenters. The molecule has 2 aromatic carbocycles. The summed E-state index contributed by atoms with van der Waals surface area (Å²) in [6, 6.07) is 15.8. The molecule has 1 N–H and O–H groups in total. The van der Waals surface area contributed by atoms with Gasteiger partial charge in [-0.25, -0.2) is 0 Å². The van der Waals surface area contributed by atoms with Crippen LogP contribution in [0.5, 0.6) is 0 Å². The highest BCUT2D eigenvalue weighted by molar-refractivity contribution is 6.04. The average molecular weight is 402 g/mol. The maximum Gasteiger partial charge on any atom is 0.255 e. The summed E-state index contributed by atoms with van der Waals surface area (Å²) in [4.78, 5) is 15.4. The van der Waals surface area contributed by atoms with Gasteiger partial charge >= 0.3 is 0 Å². The molecule has 0 unspecified atom stereocenters. The fraction of sp³-hybridized carbons (Fsp3) is 0.360. The van der Waals surface area contributed by atoms with Gasteiger partial charge in [0.05, 0.1) is 22.9 Å². The Morgan fingerprint density at radius 3 is 2.43 bits per heavy atom. The first-order valence-electron chi connectivity index (χ1n) is 10.5. The minimum absolute atomic E-state index is 0.0227. The van der Waals surface area contributed by atoms with Crippen LogP contribution in [0, 0.1) is 12.8 Å². The first-order chi connectivity index (χ1) is 14.3. The third-order valence-corrected chi connectivity index (χ3v) is 6.20. The number of aromatic nitrogens is 1. The highest BCUT2D eigenvalue weighted by atomic mass is 16.5. The van der Waals surface area contributed by atoms with E-state index in [-0.39, 0.29) is 11.9 Å². The zero-order chi connectivity index (χ0) is 21.0. The van der Waals surface area contributed by atoms with Crippen molar-refractivity contribution < 1.29 is 14.4 Å². The monoisotopic (exact) mass is 402 g/mol. The highest BCUT2D eigenvalue weighted by Crippen LogP contribution is 2.44. The van der Waals surface area contributed by atoms with Crippen molar-refractivity contribution in [3.8, 4) is 22.5 Å². The number of carbonyl (C=O) groups is 1. The van der Waals surface area contributed by atoms with Crippen molar-refractivity contribution in [3.05, 3.63) is 65.4 Å². The number of nitrogens with zero attached hydrogens (tertiary/aromatic N) is 2. The van der Waals surface area contributed by atoms with Gasteiger partial charge in [0, 0.05) is 18.2 Å². The van der Waals surface area contributed by atoms with Crippen LogP contribution in [0.4, 0.5) is 0 Å². The van der Waals surface area contributed by atoms with E-state index in [4.69, 9.17) is 4.52 Å². The number of hydrogen-bond acceptors (Lipinski definition) is 4. The lowest BCUT2D eigenvalue weighted by atomic mass is 9.92. The van der Waals surface area contributed by atoms with E-state index >= 15 is 0 Å². The standard InChI is InChI=1S/C25H26N2O3/c1-15-13-21(30-26-15)17-9-7-16(8-10-17)20-6-4-5-19-14-27(24(28)22(19)20)23(18-11-12-18)25(2,3)29/h4-10,13,18,23,29H,11-12,14H2,1-3H3/t23-/m1/s1. The summed E-state index contributed by atoms with van der Waals surface area (Å²) < 4.78 is 5.35. The SMILES string of the molecule is Cc1cc(-c2ccc(-c3cccc4c3C(=O)N([C@H](C3CC3)C(C)(C)O)C4)cc2)on1. The fourth-order valence-corrected chi connectivity index (χ4v) is 4.79. The van der Waals surface area contributed by atoms with E-state index in [9.17, 15) is 9.90 Å². The molecule has 1 aliphatic heterocycles. The molecule has 0 spiro atoms. The van der Waals surface area contributed by atoms with Gasteiger partial charge in [-0.3, -0.25) is 4.79 Å². The normalized spacial score (nSPS) is 17.3. The van der Waals surface area contributed by atoms with Gasteiger partial charge in [0.1, 0.15) is 0 Å². The predicted octanol–water partition coefficient (Wildman–Crippen LogP) is 4.82. The number of amides is 1. The number of aliphatic hydroxyl groups is 1. The molecule has 0 bridgehead atoms. The molecule has 0 saturated heterocycles. The van der Waals surface area contributed by atoms with Crippen LogP contribution in [0.1, 0.15) is 48.3 Å². The van der Waals surface area contributed by atoms with Crippen molar-refractivity contribution in [1.29, 1.82) is 0 Å². The number of rotatable bonds is 5. The highest BCUT2D eigenvalue weighted by Gasteiger charge is 2.48. The topological polar surface area (TPSA) is 66.6 Å². The number of fused-ring (bicyclic) bond motifs is 1.